The summed E-state index contributed by atoms with van der Waals surface area (Å²) in [6.07, 6.45) is 0.425. The Morgan fingerprint density at radius 2 is 1.80 bits per heavy atom. The minimum absolute atomic E-state index is 0.159. The van der Waals surface area contributed by atoms with E-state index in [1.165, 1.54) is 12.8 Å². The van der Waals surface area contributed by atoms with Crippen LogP contribution in [-0.4, -0.2) is 58.6 Å². The Kier molecular flexibility index (Phi) is 5.62. The van der Waals surface area contributed by atoms with Gasteiger partial charge in [-0.25, -0.2) is 9.59 Å². The maximum atomic E-state index is 12.0. The van der Waals surface area contributed by atoms with Gasteiger partial charge >= 0.3 is 12.2 Å². The van der Waals surface area contributed by atoms with Crippen molar-refractivity contribution in [3.05, 3.63) is 0 Å². The van der Waals surface area contributed by atoms with Crippen LogP contribution >= 0.6 is 0 Å². The van der Waals surface area contributed by atoms with Gasteiger partial charge in [0, 0.05) is 19.1 Å². The molecule has 0 aromatic carbocycles. The van der Waals surface area contributed by atoms with Crippen molar-refractivity contribution in [2.45, 2.75) is 45.3 Å². The van der Waals surface area contributed by atoms with Crippen molar-refractivity contribution in [3.8, 4) is 0 Å². The van der Waals surface area contributed by atoms with Crippen LogP contribution in [0, 0.1) is 5.92 Å². The number of fused-ring (bicyclic) bond motifs is 4. The first-order valence-corrected chi connectivity index (χ1v) is 6.80. The summed E-state index contributed by atoms with van der Waals surface area (Å²) >= 11 is 0. The van der Waals surface area contributed by atoms with Crippen LogP contribution in [0.3, 0.4) is 0 Å². The number of carbonyl (C=O) groups excluding carboxylic acids is 1. The third kappa shape index (κ3) is 6.10. The Bertz CT molecular complexity index is 327. The summed E-state index contributed by atoms with van der Waals surface area (Å²) in [6.45, 7) is 8.43. The van der Waals surface area contributed by atoms with Crippen LogP contribution in [-0.2, 0) is 4.74 Å². The van der Waals surface area contributed by atoms with E-state index < -0.39 is 11.8 Å². The summed E-state index contributed by atoms with van der Waals surface area (Å²) < 4.78 is 5.42. The van der Waals surface area contributed by atoms with E-state index >= 15 is 0 Å². The standard InChI is InChI=1S/C12H22N2O2.CH2O3/c1-12(2,3)16-11(15)14-7-9-4-5-10(8-14)13-6-9;2-1(3)4/h9-10,13H,4-8H2,1-3H3;(H2,2,3,4). The number of carboxylic acid groups (broad SMARTS) is 2. The monoisotopic (exact) mass is 288 g/mol. The minimum Gasteiger partial charge on any atom is -0.450 e. The number of rotatable bonds is 0. The fourth-order valence-corrected chi connectivity index (χ4v) is 2.41. The van der Waals surface area contributed by atoms with Gasteiger partial charge in [0.15, 0.2) is 0 Å². The van der Waals surface area contributed by atoms with Crippen molar-refractivity contribution in [1.29, 1.82) is 0 Å². The smallest absolute Gasteiger partial charge is 0.450 e. The number of amides is 1. The largest absolute Gasteiger partial charge is 0.503 e. The molecule has 20 heavy (non-hydrogen) atoms. The van der Waals surface area contributed by atoms with Gasteiger partial charge in [0.2, 0.25) is 0 Å². The molecule has 0 aromatic rings. The van der Waals surface area contributed by atoms with Gasteiger partial charge in [0.05, 0.1) is 0 Å². The summed E-state index contributed by atoms with van der Waals surface area (Å²) in [5, 5.41) is 17.4. The molecule has 3 rings (SSSR count). The summed E-state index contributed by atoms with van der Waals surface area (Å²) in [5.74, 6) is 0.603. The number of nitrogens with one attached hydrogen (secondary N) is 1. The van der Waals surface area contributed by atoms with E-state index in [0.29, 0.717) is 12.0 Å². The Morgan fingerprint density at radius 3 is 2.25 bits per heavy atom. The van der Waals surface area contributed by atoms with Crippen LogP contribution in [0.1, 0.15) is 33.6 Å². The Labute approximate surface area is 118 Å². The van der Waals surface area contributed by atoms with E-state index in [9.17, 15) is 4.79 Å². The summed E-state index contributed by atoms with van der Waals surface area (Å²) in [5.41, 5.74) is -0.393. The molecule has 2 atom stereocenters. The van der Waals surface area contributed by atoms with E-state index in [0.717, 1.165) is 19.6 Å². The zero-order chi connectivity index (χ0) is 15.3. The van der Waals surface area contributed by atoms with Crippen molar-refractivity contribution in [2.24, 2.45) is 5.92 Å². The number of hydrogen-bond donors (Lipinski definition) is 3. The molecule has 7 nitrogen and oxygen atoms in total. The number of ether oxygens (including phenoxy) is 1. The molecular weight excluding hydrogens is 264 g/mol. The van der Waals surface area contributed by atoms with Crippen molar-refractivity contribution < 1.29 is 24.5 Å². The summed E-state index contributed by atoms with van der Waals surface area (Å²) in [6, 6.07) is 0.464. The van der Waals surface area contributed by atoms with Crippen molar-refractivity contribution >= 4 is 12.2 Å². The lowest BCUT2D eigenvalue weighted by molar-refractivity contribution is 0.0242. The molecule has 0 radical (unpaired) electrons. The molecular formula is C13H24N2O5. The topological polar surface area (TPSA) is 99.1 Å². The fraction of sp³-hybridized carbons (Fsp3) is 0.846. The van der Waals surface area contributed by atoms with Crippen molar-refractivity contribution in [1.82, 2.24) is 10.2 Å². The highest BCUT2D eigenvalue weighted by Gasteiger charge is 2.33. The molecule has 2 unspecified atom stereocenters. The quantitative estimate of drug-likeness (QED) is 0.629. The van der Waals surface area contributed by atoms with Gasteiger partial charge in [-0.1, -0.05) is 0 Å². The Hall–Kier alpha value is -1.50. The zero-order valence-electron chi connectivity index (χ0n) is 12.3. The number of piperidine rings is 1. The third-order valence-corrected chi connectivity index (χ3v) is 3.19. The van der Waals surface area contributed by atoms with Crippen LogP contribution in [0.5, 0.6) is 0 Å². The minimum atomic E-state index is -1.83. The van der Waals surface area contributed by atoms with Gasteiger partial charge in [-0.15, -0.1) is 0 Å². The van der Waals surface area contributed by atoms with Gasteiger partial charge in [0.25, 0.3) is 0 Å². The molecule has 7 heteroatoms. The molecule has 1 amide bonds. The molecule has 3 N–H and O–H groups in total. The predicted octanol–water partition coefficient (Wildman–Crippen LogP) is 1.83. The first-order valence-electron chi connectivity index (χ1n) is 6.80. The molecule has 3 saturated heterocycles. The average Bonchev–Trinajstić information content (AvgIpc) is 2.58. The second-order valence-corrected chi connectivity index (χ2v) is 6.22. The lowest BCUT2D eigenvalue weighted by atomic mass is 9.97. The predicted molar refractivity (Wildman–Crippen MR) is 73.0 cm³/mol. The van der Waals surface area contributed by atoms with Crippen LogP contribution in [0.15, 0.2) is 0 Å². The Morgan fingerprint density at radius 1 is 1.20 bits per heavy atom. The normalized spacial score (nSPS) is 25.2. The second-order valence-electron chi connectivity index (χ2n) is 6.22. The molecule has 0 aliphatic carbocycles. The van der Waals surface area contributed by atoms with Gasteiger partial charge in [-0.3, -0.25) is 0 Å². The SMILES string of the molecule is CC(C)(C)OC(=O)N1CC2CCC(C1)NC2.O=C(O)O. The highest BCUT2D eigenvalue weighted by atomic mass is 16.6. The highest BCUT2D eigenvalue weighted by molar-refractivity contribution is 5.68. The van der Waals surface area contributed by atoms with Gasteiger partial charge in [0.1, 0.15) is 5.60 Å². The van der Waals surface area contributed by atoms with Crippen LogP contribution in [0.25, 0.3) is 0 Å². The van der Waals surface area contributed by atoms with Crippen molar-refractivity contribution in [2.75, 3.05) is 19.6 Å². The van der Waals surface area contributed by atoms with Gasteiger partial charge < -0.3 is 25.2 Å². The molecule has 0 aromatic heterocycles. The lowest BCUT2D eigenvalue weighted by Gasteiger charge is -2.27. The fourth-order valence-electron chi connectivity index (χ4n) is 2.41. The second kappa shape index (κ2) is 6.78. The van der Waals surface area contributed by atoms with E-state index in [-0.39, 0.29) is 6.09 Å². The van der Waals surface area contributed by atoms with Gasteiger partial charge in [-0.05, 0) is 46.1 Å². The number of hydrogen-bond acceptors (Lipinski definition) is 4. The molecule has 0 spiro atoms. The zero-order valence-corrected chi connectivity index (χ0v) is 12.3. The highest BCUT2D eigenvalue weighted by Crippen LogP contribution is 2.22. The average molecular weight is 288 g/mol. The third-order valence-electron chi connectivity index (χ3n) is 3.19. The number of carbonyl (C=O) groups is 2. The first kappa shape index (κ1) is 16.6. The molecule has 3 heterocycles. The van der Waals surface area contributed by atoms with Crippen LogP contribution < -0.4 is 5.32 Å². The maximum Gasteiger partial charge on any atom is 0.503 e. The van der Waals surface area contributed by atoms with Crippen LogP contribution in [0.2, 0.25) is 0 Å². The van der Waals surface area contributed by atoms with E-state index in [1.54, 1.807) is 0 Å². The molecule has 116 valence electrons. The van der Waals surface area contributed by atoms with E-state index in [4.69, 9.17) is 19.7 Å². The Balaban J connectivity index is 0.000000444. The summed E-state index contributed by atoms with van der Waals surface area (Å²) in [4.78, 5) is 22.4. The first-order chi connectivity index (χ1) is 9.17. The van der Waals surface area contributed by atoms with E-state index in [1.807, 2.05) is 25.7 Å². The number of nitrogens with zero attached hydrogens (tertiary/aromatic N) is 1. The molecule has 3 fully saturated rings. The molecule has 2 bridgehead atoms. The van der Waals surface area contributed by atoms with E-state index in [2.05, 4.69) is 5.32 Å². The molecule has 3 aliphatic heterocycles. The molecule has 3 aliphatic rings. The summed E-state index contributed by atoms with van der Waals surface area (Å²) in [7, 11) is 0. The lowest BCUT2D eigenvalue weighted by Crippen LogP contribution is -2.42. The maximum absolute atomic E-state index is 12.0. The van der Waals surface area contributed by atoms with Crippen LogP contribution in [0.4, 0.5) is 9.59 Å². The van der Waals surface area contributed by atoms with Crippen molar-refractivity contribution in [3.63, 3.8) is 0 Å². The van der Waals surface area contributed by atoms with Gasteiger partial charge in [-0.2, -0.15) is 0 Å². The molecule has 0 saturated carbocycles.